The molecule has 1 amide bonds. The maximum atomic E-state index is 13.0. The molecule has 0 fully saturated rings. The van der Waals surface area contributed by atoms with Crippen LogP contribution in [-0.2, 0) is 4.79 Å². The highest BCUT2D eigenvalue weighted by molar-refractivity contribution is 7.99. The third-order valence-electron chi connectivity index (χ3n) is 4.30. The minimum absolute atomic E-state index is 0.0671. The van der Waals surface area contributed by atoms with E-state index in [1.165, 1.54) is 11.8 Å². The Morgan fingerprint density at radius 1 is 0.862 bits per heavy atom. The van der Waals surface area contributed by atoms with Gasteiger partial charge in [-0.05, 0) is 43.3 Å². The average Bonchev–Trinajstić information content (AvgIpc) is 3.24. The highest BCUT2D eigenvalue weighted by atomic mass is 32.2. The molecule has 6 heteroatoms. The molecule has 0 unspecified atom stereocenters. The molecule has 4 aromatic rings. The topological polar surface area (TPSA) is 59.2 Å². The highest BCUT2D eigenvalue weighted by Crippen LogP contribution is 2.28. The van der Waals surface area contributed by atoms with Gasteiger partial charge in [0.25, 0.3) is 5.22 Å². The molecule has 0 aliphatic carbocycles. The molecule has 3 aromatic carbocycles. The quantitative estimate of drug-likeness (QED) is 0.399. The Morgan fingerprint density at radius 2 is 1.45 bits per heavy atom. The van der Waals surface area contributed by atoms with E-state index in [9.17, 15) is 4.79 Å². The summed E-state index contributed by atoms with van der Waals surface area (Å²) in [7, 11) is 0. The first-order valence-corrected chi connectivity index (χ1v) is 10.2. The van der Waals surface area contributed by atoms with Gasteiger partial charge in [-0.3, -0.25) is 9.69 Å². The van der Waals surface area contributed by atoms with Gasteiger partial charge in [-0.15, -0.1) is 10.2 Å². The van der Waals surface area contributed by atoms with Gasteiger partial charge in [-0.2, -0.15) is 0 Å². The minimum atomic E-state index is -0.0671. The number of thioether (sulfide) groups is 1. The lowest BCUT2D eigenvalue weighted by Crippen LogP contribution is -2.27. The van der Waals surface area contributed by atoms with Crippen molar-refractivity contribution in [1.29, 1.82) is 0 Å². The molecule has 4 rings (SSSR count). The first-order chi connectivity index (χ1) is 14.2. The Hall–Kier alpha value is -3.38. The average molecular weight is 401 g/mol. The van der Waals surface area contributed by atoms with E-state index < -0.39 is 0 Å². The number of anilines is 2. The van der Waals surface area contributed by atoms with E-state index in [2.05, 4.69) is 10.2 Å². The molecule has 0 radical (unpaired) electrons. The van der Waals surface area contributed by atoms with E-state index in [1.807, 2.05) is 91.9 Å². The highest BCUT2D eigenvalue weighted by Gasteiger charge is 2.19. The first-order valence-electron chi connectivity index (χ1n) is 9.17. The summed E-state index contributed by atoms with van der Waals surface area (Å²) < 4.78 is 5.72. The number of nitrogens with zero attached hydrogens (tertiary/aromatic N) is 3. The maximum absolute atomic E-state index is 13.0. The van der Waals surface area contributed by atoms with Crippen molar-refractivity contribution in [3.63, 3.8) is 0 Å². The van der Waals surface area contributed by atoms with Crippen LogP contribution < -0.4 is 4.90 Å². The fourth-order valence-corrected chi connectivity index (χ4v) is 3.47. The monoisotopic (exact) mass is 401 g/mol. The number of aromatic nitrogens is 2. The molecule has 0 saturated heterocycles. The Labute approximate surface area is 173 Å². The first kappa shape index (κ1) is 19.0. The summed E-state index contributed by atoms with van der Waals surface area (Å²) in [6, 6.07) is 27.0. The molecule has 0 bridgehead atoms. The Balaban J connectivity index is 1.49. The lowest BCUT2D eigenvalue weighted by Gasteiger charge is -2.22. The second-order valence-corrected chi connectivity index (χ2v) is 7.35. The fraction of sp³-hybridized carbons (Fsp3) is 0.0870. The molecule has 29 heavy (non-hydrogen) atoms. The van der Waals surface area contributed by atoms with Crippen LogP contribution in [0.25, 0.3) is 11.5 Å². The number of para-hydroxylation sites is 2. The number of rotatable bonds is 6. The predicted octanol–water partition coefficient (Wildman–Crippen LogP) is 5.50. The second-order valence-electron chi connectivity index (χ2n) is 6.43. The van der Waals surface area contributed by atoms with Gasteiger partial charge >= 0.3 is 0 Å². The smallest absolute Gasteiger partial charge is 0.277 e. The molecule has 0 saturated carbocycles. The van der Waals surface area contributed by atoms with E-state index >= 15 is 0 Å². The van der Waals surface area contributed by atoms with Crippen LogP contribution in [-0.4, -0.2) is 21.9 Å². The van der Waals surface area contributed by atoms with Gasteiger partial charge in [0.1, 0.15) is 0 Å². The van der Waals surface area contributed by atoms with E-state index in [4.69, 9.17) is 4.42 Å². The number of hydrogen-bond acceptors (Lipinski definition) is 5. The van der Waals surface area contributed by atoms with Crippen molar-refractivity contribution in [2.24, 2.45) is 0 Å². The summed E-state index contributed by atoms with van der Waals surface area (Å²) in [5.74, 6) is 0.560. The van der Waals surface area contributed by atoms with Crippen LogP contribution >= 0.6 is 11.8 Å². The van der Waals surface area contributed by atoms with Gasteiger partial charge in [-0.1, -0.05) is 65.9 Å². The minimum Gasteiger partial charge on any atom is -0.411 e. The Morgan fingerprint density at radius 3 is 2.03 bits per heavy atom. The van der Waals surface area contributed by atoms with Crippen LogP contribution in [0.5, 0.6) is 0 Å². The van der Waals surface area contributed by atoms with Gasteiger partial charge in [0.2, 0.25) is 11.8 Å². The number of aryl methyl sites for hydroxylation is 1. The molecular formula is C23H19N3O2S. The molecule has 0 N–H and O–H groups in total. The summed E-state index contributed by atoms with van der Waals surface area (Å²) in [5, 5.41) is 8.53. The van der Waals surface area contributed by atoms with Gasteiger partial charge in [0.05, 0.1) is 5.75 Å². The zero-order valence-corrected chi connectivity index (χ0v) is 16.7. The summed E-state index contributed by atoms with van der Waals surface area (Å²) >= 11 is 1.23. The normalized spacial score (nSPS) is 10.7. The molecule has 144 valence electrons. The molecular weight excluding hydrogens is 382 g/mol. The third kappa shape index (κ3) is 4.55. The fourth-order valence-electron chi connectivity index (χ4n) is 2.86. The van der Waals surface area contributed by atoms with E-state index in [1.54, 1.807) is 4.90 Å². The van der Waals surface area contributed by atoms with Gasteiger partial charge < -0.3 is 4.42 Å². The Kier molecular flexibility index (Phi) is 5.72. The van der Waals surface area contributed by atoms with Crippen molar-refractivity contribution in [3.05, 3.63) is 90.5 Å². The van der Waals surface area contributed by atoms with Crippen LogP contribution in [0.4, 0.5) is 11.4 Å². The summed E-state index contributed by atoms with van der Waals surface area (Å²) in [4.78, 5) is 14.7. The van der Waals surface area contributed by atoms with Crippen LogP contribution in [0.15, 0.2) is 94.6 Å². The molecule has 0 spiro atoms. The van der Waals surface area contributed by atoms with Crippen LogP contribution in [0.1, 0.15) is 5.56 Å². The van der Waals surface area contributed by atoms with Crippen molar-refractivity contribution < 1.29 is 9.21 Å². The third-order valence-corrected chi connectivity index (χ3v) is 5.11. The summed E-state index contributed by atoms with van der Waals surface area (Å²) in [5.41, 5.74) is 3.65. The van der Waals surface area contributed by atoms with Crippen LogP contribution in [0.2, 0.25) is 0 Å². The Bertz CT molecular complexity index is 1040. The standard InChI is InChI=1S/C23H19N3O2S/c1-17-12-14-18(15-13-17)22-24-25-23(28-22)29-16-21(27)26(19-8-4-2-5-9-19)20-10-6-3-7-11-20/h2-15H,16H2,1H3. The van der Waals surface area contributed by atoms with Gasteiger partial charge in [0.15, 0.2) is 0 Å². The zero-order chi connectivity index (χ0) is 20.1. The molecule has 1 aromatic heterocycles. The number of benzene rings is 3. The summed E-state index contributed by atoms with van der Waals surface area (Å²) in [6.07, 6.45) is 0. The maximum Gasteiger partial charge on any atom is 0.277 e. The zero-order valence-electron chi connectivity index (χ0n) is 15.9. The van der Waals surface area contributed by atoms with Crippen LogP contribution in [0, 0.1) is 6.92 Å². The lowest BCUT2D eigenvalue weighted by molar-refractivity contribution is -0.115. The second kappa shape index (κ2) is 8.75. The number of hydrogen-bond donors (Lipinski definition) is 0. The van der Waals surface area contributed by atoms with Crippen molar-refractivity contribution in [3.8, 4) is 11.5 Å². The summed E-state index contributed by atoms with van der Waals surface area (Å²) in [6.45, 7) is 2.02. The van der Waals surface area contributed by atoms with Gasteiger partial charge in [0, 0.05) is 16.9 Å². The number of carbonyl (C=O) groups excluding carboxylic acids is 1. The van der Waals surface area contributed by atoms with Gasteiger partial charge in [-0.25, -0.2) is 0 Å². The number of carbonyl (C=O) groups is 1. The van der Waals surface area contributed by atoms with E-state index in [-0.39, 0.29) is 11.7 Å². The number of amides is 1. The lowest BCUT2D eigenvalue weighted by atomic mass is 10.1. The molecule has 0 aliphatic rings. The molecule has 0 aliphatic heterocycles. The van der Waals surface area contributed by atoms with E-state index in [0.29, 0.717) is 11.1 Å². The van der Waals surface area contributed by atoms with E-state index in [0.717, 1.165) is 22.5 Å². The predicted molar refractivity (Wildman–Crippen MR) is 115 cm³/mol. The van der Waals surface area contributed by atoms with Crippen molar-refractivity contribution in [2.45, 2.75) is 12.1 Å². The molecule has 0 atom stereocenters. The van der Waals surface area contributed by atoms with Crippen LogP contribution in [0.3, 0.4) is 0 Å². The molecule has 5 nitrogen and oxygen atoms in total. The van der Waals surface area contributed by atoms with Crippen molar-refractivity contribution in [1.82, 2.24) is 10.2 Å². The SMILES string of the molecule is Cc1ccc(-c2nnc(SCC(=O)N(c3ccccc3)c3ccccc3)o2)cc1. The molecule has 1 heterocycles. The largest absolute Gasteiger partial charge is 0.411 e. The van der Waals surface area contributed by atoms with Crippen molar-refractivity contribution >= 4 is 29.0 Å². The van der Waals surface area contributed by atoms with Crippen molar-refractivity contribution in [2.75, 3.05) is 10.7 Å².